The van der Waals surface area contributed by atoms with Crippen LogP contribution in [0.5, 0.6) is 0 Å². The van der Waals surface area contributed by atoms with Gasteiger partial charge in [-0.1, -0.05) is 30.3 Å². The summed E-state index contributed by atoms with van der Waals surface area (Å²) in [5.41, 5.74) is 1.75. The summed E-state index contributed by atoms with van der Waals surface area (Å²) in [5, 5.41) is 2.61. The van der Waals surface area contributed by atoms with Crippen LogP contribution < -0.4 is 10.0 Å². The van der Waals surface area contributed by atoms with Crippen LogP contribution in [0.1, 0.15) is 25.8 Å². The Morgan fingerprint density at radius 3 is 2.25 bits per heavy atom. The van der Waals surface area contributed by atoms with Crippen LogP contribution in [-0.2, 0) is 21.2 Å². The molecule has 0 saturated heterocycles. The number of benzene rings is 2. The molecule has 0 fully saturated rings. The van der Waals surface area contributed by atoms with Crippen molar-refractivity contribution in [2.75, 3.05) is 5.32 Å². The van der Waals surface area contributed by atoms with Crippen LogP contribution in [-0.4, -0.2) is 20.4 Å². The maximum absolute atomic E-state index is 12.4. The van der Waals surface area contributed by atoms with Gasteiger partial charge in [0, 0.05) is 18.7 Å². The van der Waals surface area contributed by atoms with Gasteiger partial charge in [0.1, 0.15) is 0 Å². The number of anilines is 1. The molecule has 2 aromatic carbocycles. The predicted molar refractivity (Wildman–Crippen MR) is 95.3 cm³/mol. The third kappa shape index (κ3) is 5.47. The van der Waals surface area contributed by atoms with E-state index in [0.717, 1.165) is 6.42 Å². The highest BCUT2D eigenvalue weighted by atomic mass is 32.2. The molecule has 0 unspecified atom stereocenters. The molecule has 6 heteroatoms. The third-order valence-corrected chi connectivity index (χ3v) is 5.16. The number of sulfonamides is 1. The normalized spacial score (nSPS) is 12.6. The van der Waals surface area contributed by atoms with Gasteiger partial charge in [0.2, 0.25) is 15.9 Å². The first kappa shape index (κ1) is 18.2. The number of hydrogen-bond donors (Lipinski definition) is 2. The summed E-state index contributed by atoms with van der Waals surface area (Å²) in [6, 6.07) is 15.9. The van der Waals surface area contributed by atoms with Gasteiger partial charge in [-0.25, -0.2) is 13.1 Å². The van der Waals surface area contributed by atoms with Crippen molar-refractivity contribution in [3.63, 3.8) is 0 Å². The fraction of sp³-hybridized carbons (Fsp3) is 0.278. The molecule has 0 bridgehead atoms. The van der Waals surface area contributed by atoms with Crippen LogP contribution >= 0.6 is 0 Å². The van der Waals surface area contributed by atoms with E-state index in [4.69, 9.17) is 0 Å². The van der Waals surface area contributed by atoms with Crippen molar-refractivity contribution in [2.45, 2.75) is 37.6 Å². The topological polar surface area (TPSA) is 75.3 Å². The van der Waals surface area contributed by atoms with E-state index in [0.29, 0.717) is 12.1 Å². The van der Waals surface area contributed by atoms with Gasteiger partial charge >= 0.3 is 0 Å². The molecule has 128 valence electrons. The van der Waals surface area contributed by atoms with E-state index in [1.807, 2.05) is 37.3 Å². The van der Waals surface area contributed by atoms with Gasteiger partial charge in [-0.3, -0.25) is 4.79 Å². The van der Waals surface area contributed by atoms with Gasteiger partial charge in [-0.2, -0.15) is 0 Å². The minimum Gasteiger partial charge on any atom is -0.326 e. The maximum Gasteiger partial charge on any atom is 0.240 e. The lowest BCUT2D eigenvalue weighted by Gasteiger charge is -2.14. The Hall–Kier alpha value is -2.18. The van der Waals surface area contributed by atoms with Gasteiger partial charge in [0.15, 0.2) is 0 Å². The summed E-state index contributed by atoms with van der Waals surface area (Å²) < 4.78 is 27.5. The number of rotatable bonds is 7. The van der Waals surface area contributed by atoms with Crippen molar-refractivity contribution in [3.8, 4) is 0 Å². The average Bonchev–Trinajstić information content (AvgIpc) is 2.53. The Morgan fingerprint density at radius 1 is 1.04 bits per heavy atom. The molecule has 0 heterocycles. The first-order valence-corrected chi connectivity index (χ1v) is 9.29. The molecule has 2 N–H and O–H groups in total. The molecule has 0 radical (unpaired) electrons. The molecule has 0 aliphatic carbocycles. The molecule has 0 aliphatic heterocycles. The predicted octanol–water partition coefficient (Wildman–Crippen LogP) is 2.94. The molecular formula is C18H22N2O3S. The van der Waals surface area contributed by atoms with Crippen molar-refractivity contribution >= 4 is 21.6 Å². The lowest BCUT2D eigenvalue weighted by Crippen LogP contribution is -2.32. The van der Waals surface area contributed by atoms with Crippen molar-refractivity contribution in [1.29, 1.82) is 0 Å². The minimum atomic E-state index is -3.57. The van der Waals surface area contributed by atoms with Crippen LogP contribution in [0, 0.1) is 0 Å². The first-order chi connectivity index (χ1) is 11.4. The second-order valence-electron chi connectivity index (χ2n) is 5.75. The summed E-state index contributed by atoms with van der Waals surface area (Å²) in [6.45, 7) is 3.26. The van der Waals surface area contributed by atoms with Crippen LogP contribution in [0.15, 0.2) is 59.5 Å². The van der Waals surface area contributed by atoms with Crippen LogP contribution in [0.25, 0.3) is 0 Å². The number of hydrogen-bond acceptors (Lipinski definition) is 3. The summed E-state index contributed by atoms with van der Waals surface area (Å²) >= 11 is 0. The van der Waals surface area contributed by atoms with Gasteiger partial charge < -0.3 is 5.32 Å². The molecule has 0 aliphatic rings. The SMILES string of the molecule is CC(=O)Nc1ccc(S(=O)(=O)N[C@H](C)CCc2ccccc2)cc1. The molecule has 0 spiro atoms. The zero-order chi connectivity index (χ0) is 17.6. The second-order valence-corrected chi connectivity index (χ2v) is 7.47. The molecule has 2 aromatic rings. The molecule has 1 atom stereocenters. The van der Waals surface area contributed by atoms with E-state index in [-0.39, 0.29) is 16.8 Å². The van der Waals surface area contributed by atoms with E-state index in [1.54, 1.807) is 12.1 Å². The van der Waals surface area contributed by atoms with E-state index in [1.165, 1.54) is 24.6 Å². The minimum absolute atomic E-state index is 0.176. The quantitative estimate of drug-likeness (QED) is 0.809. The largest absolute Gasteiger partial charge is 0.326 e. The lowest BCUT2D eigenvalue weighted by molar-refractivity contribution is -0.114. The van der Waals surface area contributed by atoms with Crippen molar-refractivity contribution in [3.05, 3.63) is 60.2 Å². The zero-order valence-electron chi connectivity index (χ0n) is 13.8. The number of nitrogens with one attached hydrogen (secondary N) is 2. The fourth-order valence-corrected chi connectivity index (χ4v) is 3.62. The highest BCUT2D eigenvalue weighted by Gasteiger charge is 2.17. The molecular weight excluding hydrogens is 324 g/mol. The molecule has 1 amide bonds. The molecule has 0 saturated carbocycles. The van der Waals surface area contributed by atoms with Gasteiger partial charge in [-0.15, -0.1) is 0 Å². The standard InChI is InChI=1S/C18H22N2O3S/c1-14(8-9-16-6-4-3-5-7-16)20-24(22,23)18-12-10-17(11-13-18)19-15(2)21/h3-7,10-14,20H,8-9H2,1-2H3,(H,19,21)/t14-/m1/s1. The summed E-state index contributed by atoms with van der Waals surface area (Å²) in [7, 11) is -3.57. The first-order valence-electron chi connectivity index (χ1n) is 7.81. The summed E-state index contributed by atoms with van der Waals surface area (Å²) in [6.07, 6.45) is 1.53. The Morgan fingerprint density at radius 2 is 1.67 bits per heavy atom. The third-order valence-electron chi connectivity index (χ3n) is 3.55. The Balaban J connectivity index is 1.95. The number of carbonyl (C=O) groups excluding carboxylic acids is 1. The second kappa shape index (κ2) is 8.08. The molecule has 24 heavy (non-hydrogen) atoms. The maximum atomic E-state index is 12.4. The Kier molecular flexibility index (Phi) is 6.11. The van der Waals surface area contributed by atoms with Crippen molar-refractivity contribution in [1.82, 2.24) is 4.72 Å². The van der Waals surface area contributed by atoms with Crippen LogP contribution in [0.3, 0.4) is 0 Å². The molecule has 5 nitrogen and oxygen atoms in total. The molecule has 0 aromatic heterocycles. The summed E-state index contributed by atoms with van der Waals surface area (Å²) in [4.78, 5) is 11.2. The highest BCUT2D eigenvalue weighted by molar-refractivity contribution is 7.89. The smallest absolute Gasteiger partial charge is 0.240 e. The Labute approximate surface area is 143 Å². The Bertz CT molecular complexity index is 772. The molecule has 2 rings (SSSR count). The van der Waals surface area contributed by atoms with E-state index < -0.39 is 10.0 Å². The lowest BCUT2D eigenvalue weighted by atomic mass is 10.1. The zero-order valence-corrected chi connectivity index (χ0v) is 14.6. The van der Waals surface area contributed by atoms with Crippen molar-refractivity contribution < 1.29 is 13.2 Å². The van der Waals surface area contributed by atoms with Crippen LogP contribution in [0.4, 0.5) is 5.69 Å². The van der Waals surface area contributed by atoms with E-state index in [9.17, 15) is 13.2 Å². The number of carbonyl (C=O) groups is 1. The fourth-order valence-electron chi connectivity index (χ4n) is 2.34. The van der Waals surface area contributed by atoms with Gasteiger partial charge in [-0.05, 0) is 49.6 Å². The average molecular weight is 346 g/mol. The monoisotopic (exact) mass is 346 g/mol. The highest BCUT2D eigenvalue weighted by Crippen LogP contribution is 2.15. The van der Waals surface area contributed by atoms with Gasteiger partial charge in [0.05, 0.1) is 4.90 Å². The van der Waals surface area contributed by atoms with E-state index in [2.05, 4.69) is 10.0 Å². The van der Waals surface area contributed by atoms with Crippen LogP contribution in [0.2, 0.25) is 0 Å². The van der Waals surface area contributed by atoms with E-state index >= 15 is 0 Å². The number of aryl methyl sites for hydroxylation is 1. The van der Waals surface area contributed by atoms with Gasteiger partial charge in [0.25, 0.3) is 0 Å². The van der Waals surface area contributed by atoms with Crippen molar-refractivity contribution in [2.24, 2.45) is 0 Å². The summed E-state index contributed by atoms with van der Waals surface area (Å²) in [5.74, 6) is -0.196. The number of amides is 1.